The van der Waals surface area contributed by atoms with Gasteiger partial charge in [-0.1, -0.05) is 41.5 Å². The molecule has 0 radical (unpaired) electrons. The molecule has 0 bridgehead atoms. The van der Waals surface area contributed by atoms with Gasteiger partial charge in [0.1, 0.15) is 17.7 Å². The molecule has 210 valence electrons. The van der Waals surface area contributed by atoms with Gasteiger partial charge in [-0.15, -0.1) is 0 Å². The summed E-state index contributed by atoms with van der Waals surface area (Å²) in [6, 6.07) is 0. The summed E-state index contributed by atoms with van der Waals surface area (Å²) in [7, 11) is 0. The molecule has 4 aliphatic carbocycles. The van der Waals surface area contributed by atoms with Crippen molar-refractivity contribution in [2.24, 2.45) is 45.3 Å². The van der Waals surface area contributed by atoms with Crippen LogP contribution in [0.15, 0.2) is 11.1 Å². The average molecular weight is 531 g/mol. The van der Waals surface area contributed by atoms with Gasteiger partial charge in [-0.3, -0.25) is 24.0 Å². The number of carboxylic acid groups (broad SMARTS) is 1. The van der Waals surface area contributed by atoms with Crippen molar-refractivity contribution in [1.29, 1.82) is 0 Å². The molecule has 4 rings (SSSR count). The van der Waals surface area contributed by atoms with Crippen LogP contribution in [0.3, 0.4) is 0 Å². The molecule has 0 unspecified atom stereocenters. The van der Waals surface area contributed by atoms with Gasteiger partial charge in [0.15, 0.2) is 11.6 Å². The molecular weight excluding hydrogens is 488 g/mol. The normalized spacial score (nSPS) is 41.8. The highest BCUT2D eigenvalue weighted by Gasteiger charge is 2.73. The van der Waals surface area contributed by atoms with Crippen molar-refractivity contribution in [2.75, 3.05) is 0 Å². The number of carbonyl (C=O) groups excluding carboxylic acids is 4. The molecule has 9 atom stereocenters. The minimum atomic E-state index is -1.53. The summed E-state index contributed by atoms with van der Waals surface area (Å²) in [5, 5.41) is 31.6. The van der Waals surface area contributed by atoms with Gasteiger partial charge < -0.3 is 15.3 Å². The van der Waals surface area contributed by atoms with Crippen molar-refractivity contribution in [3.05, 3.63) is 11.1 Å². The van der Waals surface area contributed by atoms with E-state index in [4.69, 9.17) is 0 Å². The Morgan fingerprint density at radius 1 is 0.947 bits per heavy atom. The maximum Gasteiger partial charge on any atom is 0.306 e. The van der Waals surface area contributed by atoms with E-state index in [1.807, 2.05) is 20.8 Å². The van der Waals surface area contributed by atoms with E-state index in [1.54, 1.807) is 20.8 Å². The first-order valence-corrected chi connectivity index (χ1v) is 13.8. The van der Waals surface area contributed by atoms with Crippen LogP contribution in [0, 0.1) is 45.3 Å². The summed E-state index contributed by atoms with van der Waals surface area (Å²) < 4.78 is 0. The number of fused-ring (bicyclic) bond motifs is 4. The summed E-state index contributed by atoms with van der Waals surface area (Å²) >= 11 is 0. The average Bonchev–Trinajstić information content (AvgIpc) is 3.03. The van der Waals surface area contributed by atoms with E-state index in [0.29, 0.717) is 12.8 Å². The Bertz CT molecular complexity index is 1150. The Morgan fingerprint density at radius 3 is 2.13 bits per heavy atom. The minimum Gasteiger partial charge on any atom is -0.481 e. The van der Waals surface area contributed by atoms with E-state index >= 15 is 0 Å². The van der Waals surface area contributed by atoms with E-state index in [9.17, 15) is 39.3 Å². The molecule has 3 N–H and O–H groups in total. The predicted octanol–water partition coefficient (Wildman–Crippen LogP) is 3.31. The fourth-order valence-electron chi connectivity index (χ4n) is 8.86. The lowest BCUT2D eigenvalue weighted by atomic mass is 9.42. The molecule has 0 spiro atoms. The number of hydrogen-bond acceptors (Lipinski definition) is 7. The number of aliphatic hydroxyl groups excluding tert-OH is 2. The van der Waals surface area contributed by atoms with Gasteiger partial charge in [0.2, 0.25) is 0 Å². The number of rotatable bonds is 6. The number of aliphatic carboxylic acids is 1. The van der Waals surface area contributed by atoms with Crippen molar-refractivity contribution in [2.45, 2.75) is 99.2 Å². The fourth-order valence-corrected chi connectivity index (χ4v) is 8.86. The number of allylic oxidation sites excluding steroid dienone is 1. The summed E-state index contributed by atoms with van der Waals surface area (Å²) in [6.07, 6.45) is -1.20. The molecule has 0 amide bonds. The molecule has 8 heteroatoms. The molecule has 2 fully saturated rings. The Morgan fingerprint density at radius 2 is 1.55 bits per heavy atom. The highest BCUT2D eigenvalue weighted by atomic mass is 16.4. The monoisotopic (exact) mass is 530 g/mol. The van der Waals surface area contributed by atoms with E-state index in [1.165, 1.54) is 6.92 Å². The maximum absolute atomic E-state index is 14.1. The topological polar surface area (TPSA) is 146 Å². The molecule has 0 heterocycles. The molecule has 38 heavy (non-hydrogen) atoms. The molecule has 0 aromatic carbocycles. The first kappa shape index (κ1) is 28.8. The Balaban J connectivity index is 1.80. The zero-order chi connectivity index (χ0) is 28.7. The van der Waals surface area contributed by atoms with Crippen molar-refractivity contribution in [3.63, 3.8) is 0 Å². The summed E-state index contributed by atoms with van der Waals surface area (Å²) in [5.74, 6) is -4.41. The zero-order valence-electron chi connectivity index (χ0n) is 23.6. The molecule has 8 nitrogen and oxygen atoms in total. The first-order valence-electron chi connectivity index (χ1n) is 13.8. The SMILES string of the molecule is C[C@H](CC(=O)C[C@@H](C)[C@H]1CC(=O)[C@@]2(C)C3=C(C(=O)[C@@H](O)[C@]12C)[C@@]1(C)CC[C@H](O)C(C)(C)[C@@H]1CC3=O)C(=O)O. The second kappa shape index (κ2) is 8.91. The van der Waals surface area contributed by atoms with Crippen LogP contribution in [-0.4, -0.2) is 56.6 Å². The molecule has 4 aliphatic rings. The molecule has 0 saturated heterocycles. The number of carboxylic acids is 1. The van der Waals surface area contributed by atoms with E-state index in [-0.39, 0.29) is 60.1 Å². The number of carbonyl (C=O) groups is 5. The summed E-state index contributed by atoms with van der Waals surface area (Å²) in [5.41, 5.74) is -3.58. The number of hydrogen-bond donors (Lipinski definition) is 3. The van der Waals surface area contributed by atoms with Gasteiger partial charge in [-0.05, 0) is 42.9 Å². The first-order chi connectivity index (χ1) is 17.4. The third-order valence-electron chi connectivity index (χ3n) is 11.5. The predicted molar refractivity (Wildman–Crippen MR) is 138 cm³/mol. The Hall–Kier alpha value is -2.19. The molecule has 0 aromatic heterocycles. The van der Waals surface area contributed by atoms with E-state index < -0.39 is 63.4 Å². The zero-order valence-corrected chi connectivity index (χ0v) is 23.6. The van der Waals surface area contributed by atoms with Crippen molar-refractivity contribution in [1.82, 2.24) is 0 Å². The molecule has 0 aliphatic heterocycles. The van der Waals surface area contributed by atoms with Gasteiger partial charge in [-0.2, -0.15) is 0 Å². The van der Waals surface area contributed by atoms with Gasteiger partial charge in [0.25, 0.3) is 0 Å². The molecule has 2 saturated carbocycles. The fraction of sp³-hybridized carbons (Fsp3) is 0.767. The van der Waals surface area contributed by atoms with Crippen LogP contribution in [0.2, 0.25) is 0 Å². The Kier molecular flexibility index (Phi) is 6.76. The van der Waals surface area contributed by atoms with Crippen LogP contribution in [0.1, 0.15) is 87.0 Å². The van der Waals surface area contributed by atoms with Crippen LogP contribution in [-0.2, 0) is 24.0 Å². The van der Waals surface area contributed by atoms with Gasteiger partial charge in [0, 0.05) is 47.7 Å². The van der Waals surface area contributed by atoms with E-state index in [2.05, 4.69) is 0 Å². The lowest BCUT2D eigenvalue weighted by Gasteiger charge is -2.60. The smallest absolute Gasteiger partial charge is 0.306 e. The standard InChI is InChI=1S/C30H42O8/c1-14(10-16(31)11-15(2)26(37)38)17-12-21(34)30(7)22-18(32)13-19-27(3,4)20(33)8-9-28(19,5)23(22)24(35)25(36)29(17,30)6/h14-15,17,19-20,25,33,36H,8-13H2,1-7H3,(H,37,38)/t14-,15-,17-,19+,20+,25-,28+,29+,30+/m1/s1. The van der Waals surface area contributed by atoms with Gasteiger partial charge in [-0.25, -0.2) is 0 Å². The number of aliphatic hydroxyl groups is 2. The van der Waals surface area contributed by atoms with Gasteiger partial charge in [0.05, 0.1) is 17.4 Å². The van der Waals surface area contributed by atoms with Crippen LogP contribution < -0.4 is 0 Å². The summed E-state index contributed by atoms with van der Waals surface area (Å²) in [6.45, 7) is 12.4. The number of ketones is 4. The molecule has 0 aromatic rings. The minimum absolute atomic E-state index is 0.0217. The van der Waals surface area contributed by atoms with Crippen LogP contribution in [0.5, 0.6) is 0 Å². The second-order valence-corrected chi connectivity index (χ2v) is 13.8. The lowest BCUT2D eigenvalue weighted by molar-refractivity contribution is -0.159. The third kappa shape index (κ3) is 3.58. The second-order valence-electron chi connectivity index (χ2n) is 13.8. The van der Waals surface area contributed by atoms with Crippen molar-refractivity contribution in [3.8, 4) is 0 Å². The molecular formula is C30H42O8. The van der Waals surface area contributed by atoms with Crippen LogP contribution in [0.25, 0.3) is 0 Å². The van der Waals surface area contributed by atoms with Gasteiger partial charge >= 0.3 is 5.97 Å². The third-order valence-corrected chi connectivity index (χ3v) is 11.5. The largest absolute Gasteiger partial charge is 0.481 e. The maximum atomic E-state index is 14.1. The quantitative estimate of drug-likeness (QED) is 0.474. The van der Waals surface area contributed by atoms with Crippen LogP contribution >= 0.6 is 0 Å². The highest BCUT2D eigenvalue weighted by molar-refractivity contribution is 6.17. The number of Topliss-reactive ketones (excluding diaryl/α,β-unsaturated/α-hetero) is 4. The Labute approximate surface area is 224 Å². The van der Waals surface area contributed by atoms with Crippen molar-refractivity contribution >= 4 is 29.1 Å². The highest BCUT2D eigenvalue weighted by Crippen LogP contribution is 2.70. The van der Waals surface area contributed by atoms with Crippen molar-refractivity contribution < 1.29 is 39.3 Å². The van der Waals surface area contributed by atoms with Crippen LogP contribution in [0.4, 0.5) is 0 Å². The lowest BCUT2D eigenvalue weighted by Crippen LogP contribution is -2.64. The van der Waals surface area contributed by atoms with E-state index in [0.717, 1.165) is 0 Å². The summed E-state index contributed by atoms with van der Waals surface area (Å²) in [4.78, 5) is 65.8.